The van der Waals surface area contributed by atoms with E-state index in [-0.39, 0.29) is 6.42 Å². The maximum Gasteiger partial charge on any atom is 0.417 e. The van der Waals surface area contributed by atoms with Crippen LogP contribution in [0.5, 0.6) is 0 Å². The van der Waals surface area contributed by atoms with Crippen LogP contribution < -0.4 is 0 Å². The van der Waals surface area contributed by atoms with E-state index in [1.807, 2.05) is 0 Å². The molecule has 1 N–H and O–H groups in total. The summed E-state index contributed by atoms with van der Waals surface area (Å²) in [5, 5.41) is 9.29. The topological polar surface area (TPSA) is 46.5 Å². The number of hydrogen-bond donors (Lipinski definition) is 1. The summed E-state index contributed by atoms with van der Waals surface area (Å²) >= 11 is 0. The highest BCUT2D eigenvalue weighted by Gasteiger charge is 2.51. The molecule has 0 heterocycles. The summed E-state index contributed by atoms with van der Waals surface area (Å²) in [6.07, 6.45) is -6.49. The summed E-state index contributed by atoms with van der Waals surface area (Å²) in [7, 11) is 5.44. The molecule has 0 aliphatic rings. The van der Waals surface area contributed by atoms with Crippen molar-refractivity contribution in [2.75, 3.05) is 0 Å². The molecule has 0 aliphatic carbocycles. The smallest absolute Gasteiger partial charge is 0.417 e. The standard InChI is InChI=1S/C10H16BF3O3/c1-6(11)4-8(17-7(2)15)5-9(3,16)10(12,13)14/h6,8,16H,4-5H2,1-3H3/t6?,8-,9?/m0/s1. The van der Waals surface area contributed by atoms with Crippen molar-refractivity contribution in [3.8, 4) is 0 Å². The number of alkyl halides is 3. The second-order valence-electron chi connectivity index (χ2n) is 4.42. The molecule has 0 aromatic carbocycles. The van der Waals surface area contributed by atoms with Crippen molar-refractivity contribution in [2.45, 2.75) is 57.3 Å². The third-order valence-electron chi connectivity index (χ3n) is 2.20. The van der Waals surface area contributed by atoms with E-state index in [1.54, 1.807) is 6.92 Å². The maximum atomic E-state index is 12.4. The molecule has 3 nitrogen and oxygen atoms in total. The number of ether oxygens (including phenoxy) is 1. The average Bonchev–Trinajstić information content (AvgIpc) is 1.96. The second-order valence-corrected chi connectivity index (χ2v) is 4.42. The summed E-state index contributed by atoms with van der Waals surface area (Å²) in [5.74, 6) is -1.13. The van der Waals surface area contributed by atoms with Gasteiger partial charge in [-0.15, -0.1) is 0 Å². The van der Waals surface area contributed by atoms with Crippen LogP contribution in [0.1, 0.15) is 33.6 Å². The summed E-state index contributed by atoms with van der Waals surface area (Å²) in [6.45, 7) is 3.32. The van der Waals surface area contributed by atoms with Crippen LogP contribution >= 0.6 is 0 Å². The number of esters is 1. The molecule has 3 atom stereocenters. The zero-order valence-electron chi connectivity index (χ0n) is 10.0. The highest BCUT2D eigenvalue weighted by atomic mass is 19.4. The molecule has 0 saturated heterocycles. The van der Waals surface area contributed by atoms with Gasteiger partial charge in [0.2, 0.25) is 0 Å². The number of carbonyl (C=O) groups is 1. The van der Waals surface area contributed by atoms with Crippen LogP contribution in [0.3, 0.4) is 0 Å². The number of rotatable bonds is 5. The Morgan fingerprint density at radius 2 is 1.94 bits per heavy atom. The summed E-state index contributed by atoms with van der Waals surface area (Å²) in [4.78, 5) is 10.7. The van der Waals surface area contributed by atoms with Crippen LogP contribution in [0.15, 0.2) is 0 Å². The van der Waals surface area contributed by atoms with Gasteiger partial charge in [-0.25, -0.2) is 0 Å². The number of aliphatic hydroxyl groups is 1. The molecule has 2 radical (unpaired) electrons. The minimum Gasteiger partial charge on any atom is -0.462 e. The number of halogens is 3. The van der Waals surface area contributed by atoms with Gasteiger partial charge < -0.3 is 9.84 Å². The Kier molecular flexibility index (Phi) is 5.51. The van der Waals surface area contributed by atoms with Gasteiger partial charge in [-0.1, -0.05) is 12.7 Å². The van der Waals surface area contributed by atoms with E-state index in [4.69, 9.17) is 12.6 Å². The van der Waals surface area contributed by atoms with Gasteiger partial charge in [0.25, 0.3) is 0 Å². The predicted octanol–water partition coefficient (Wildman–Crippen LogP) is 1.99. The largest absolute Gasteiger partial charge is 0.462 e. The molecule has 0 aliphatic heterocycles. The molecule has 98 valence electrons. The Balaban J connectivity index is 4.67. The van der Waals surface area contributed by atoms with Crippen LogP contribution in [0.25, 0.3) is 0 Å². The fourth-order valence-electron chi connectivity index (χ4n) is 1.38. The van der Waals surface area contributed by atoms with E-state index in [0.717, 1.165) is 6.92 Å². The second kappa shape index (κ2) is 5.75. The highest BCUT2D eigenvalue weighted by Crippen LogP contribution is 2.35. The fraction of sp³-hybridized carbons (Fsp3) is 0.900. The van der Waals surface area contributed by atoms with Crippen LogP contribution in [0.4, 0.5) is 13.2 Å². The van der Waals surface area contributed by atoms with Gasteiger partial charge in [-0.2, -0.15) is 13.2 Å². The predicted molar refractivity (Wildman–Crippen MR) is 56.6 cm³/mol. The van der Waals surface area contributed by atoms with Crippen molar-refractivity contribution in [2.24, 2.45) is 0 Å². The lowest BCUT2D eigenvalue weighted by Gasteiger charge is -2.30. The number of hydrogen-bond acceptors (Lipinski definition) is 3. The van der Waals surface area contributed by atoms with Crippen molar-refractivity contribution < 1.29 is 27.8 Å². The quantitative estimate of drug-likeness (QED) is 0.601. The van der Waals surface area contributed by atoms with Crippen LogP contribution in [0, 0.1) is 0 Å². The Morgan fingerprint density at radius 1 is 1.47 bits per heavy atom. The first-order valence-corrected chi connectivity index (χ1v) is 5.17. The molecule has 0 fully saturated rings. The van der Waals surface area contributed by atoms with E-state index in [1.165, 1.54) is 0 Å². The Morgan fingerprint density at radius 3 is 2.24 bits per heavy atom. The minimum atomic E-state index is -4.77. The molecule has 7 heteroatoms. The van der Waals surface area contributed by atoms with Gasteiger partial charge in [-0.05, 0) is 13.3 Å². The van der Waals surface area contributed by atoms with E-state index in [2.05, 4.69) is 0 Å². The Labute approximate surface area is 99.7 Å². The highest BCUT2D eigenvalue weighted by molar-refractivity contribution is 6.11. The SMILES string of the molecule is [B]C(C)C[C@@H](CC(C)(O)C(F)(F)F)OC(C)=O. The molecule has 0 saturated carbocycles. The van der Waals surface area contributed by atoms with Gasteiger partial charge >= 0.3 is 12.1 Å². The molecular formula is C10H16BF3O3. The van der Waals surface area contributed by atoms with E-state index in [0.29, 0.717) is 6.92 Å². The van der Waals surface area contributed by atoms with Crippen molar-refractivity contribution in [1.82, 2.24) is 0 Å². The van der Waals surface area contributed by atoms with Crippen molar-refractivity contribution in [3.63, 3.8) is 0 Å². The summed E-state index contributed by atoms with van der Waals surface area (Å²) < 4.78 is 42.1. The molecule has 0 rings (SSSR count). The number of carbonyl (C=O) groups excluding carboxylic acids is 1. The van der Waals surface area contributed by atoms with Crippen molar-refractivity contribution >= 4 is 13.8 Å². The first-order chi connectivity index (χ1) is 7.45. The molecule has 0 aromatic rings. The lowest BCUT2D eigenvalue weighted by molar-refractivity contribution is -0.261. The van der Waals surface area contributed by atoms with Crippen molar-refractivity contribution in [3.05, 3.63) is 0 Å². The molecule has 2 unspecified atom stereocenters. The van der Waals surface area contributed by atoms with E-state index in [9.17, 15) is 23.1 Å². The summed E-state index contributed by atoms with van der Waals surface area (Å²) in [6, 6.07) is 0. The van der Waals surface area contributed by atoms with Crippen LogP contribution in [-0.4, -0.2) is 36.8 Å². The first kappa shape index (κ1) is 16.3. The van der Waals surface area contributed by atoms with Gasteiger partial charge in [-0.3, -0.25) is 4.79 Å². The van der Waals surface area contributed by atoms with Crippen LogP contribution in [0.2, 0.25) is 5.82 Å². The van der Waals surface area contributed by atoms with Gasteiger partial charge in [0.15, 0.2) is 5.60 Å². The summed E-state index contributed by atoms with van der Waals surface area (Å²) in [5.41, 5.74) is -2.90. The lowest BCUT2D eigenvalue weighted by Crippen LogP contribution is -2.45. The zero-order chi connectivity index (χ0) is 13.9. The molecule has 17 heavy (non-hydrogen) atoms. The molecular weight excluding hydrogens is 236 g/mol. The zero-order valence-corrected chi connectivity index (χ0v) is 10.0. The molecule has 0 bridgehead atoms. The van der Waals surface area contributed by atoms with E-state index < -0.39 is 36.1 Å². The normalized spacial score (nSPS) is 19.2. The van der Waals surface area contributed by atoms with Crippen molar-refractivity contribution in [1.29, 1.82) is 0 Å². The van der Waals surface area contributed by atoms with Gasteiger partial charge in [0.1, 0.15) is 6.10 Å². The minimum absolute atomic E-state index is 0.0613. The third kappa shape index (κ3) is 5.95. The Hall–Kier alpha value is -0.715. The maximum absolute atomic E-state index is 12.4. The lowest BCUT2D eigenvalue weighted by atomic mass is 9.82. The van der Waals surface area contributed by atoms with Crippen LogP contribution in [-0.2, 0) is 9.53 Å². The molecule has 0 amide bonds. The monoisotopic (exact) mass is 252 g/mol. The molecule has 0 spiro atoms. The third-order valence-corrected chi connectivity index (χ3v) is 2.20. The fourth-order valence-corrected chi connectivity index (χ4v) is 1.38. The Bertz CT molecular complexity index is 264. The average molecular weight is 252 g/mol. The van der Waals surface area contributed by atoms with E-state index >= 15 is 0 Å². The van der Waals surface area contributed by atoms with Gasteiger partial charge in [0.05, 0.1) is 7.85 Å². The van der Waals surface area contributed by atoms with Gasteiger partial charge in [0, 0.05) is 13.3 Å². The molecule has 0 aromatic heterocycles. The first-order valence-electron chi connectivity index (χ1n) is 5.17.